The van der Waals surface area contributed by atoms with Gasteiger partial charge in [0.2, 0.25) is 0 Å². The number of hydrogen-bond donors (Lipinski definition) is 1. The summed E-state index contributed by atoms with van der Waals surface area (Å²) >= 11 is 0. The van der Waals surface area contributed by atoms with Crippen molar-refractivity contribution in [2.75, 3.05) is 42.8 Å². The van der Waals surface area contributed by atoms with Gasteiger partial charge < -0.3 is 15.0 Å². The highest BCUT2D eigenvalue weighted by molar-refractivity contribution is 7.84. The minimum Gasteiger partial charge on any atom is -0.378 e. The molecule has 0 radical (unpaired) electrons. The van der Waals surface area contributed by atoms with E-state index in [4.69, 9.17) is 4.74 Å². The SMILES string of the molecule is CC(Nc1ccc(N2CCOCC2)nc1)c1ccc(S(C)=O)cc1. The third kappa shape index (κ3) is 4.13. The van der Waals surface area contributed by atoms with E-state index in [2.05, 4.69) is 28.2 Å². The molecule has 1 aromatic heterocycles. The van der Waals surface area contributed by atoms with Crippen LogP contribution in [0.5, 0.6) is 0 Å². The number of hydrogen-bond acceptors (Lipinski definition) is 5. The summed E-state index contributed by atoms with van der Waals surface area (Å²) < 4.78 is 16.8. The second-order valence-corrected chi connectivity index (χ2v) is 7.27. The van der Waals surface area contributed by atoms with Crippen molar-refractivity contribution in [1.82, 2.24) is 4.98 Å². The molecule has 24 heavy (non-hydrogen) atoms. The summed E-state index contributed by atoms with van der Waals surface area (Å²) in [5, 5.41) is 3.46. The number of morpholine rings is 1. The minimum atomic E-state index is -0.938. The molecule has 3 rings (SSSR count). The minimum absolute atomic E-state index is 0.153. The van der Waals surface area contributed by atoms with Gasteiger partial charge in [-0.3, -0.25) is 4.21 Å². The summed E-state index contributed by atoms with van der Waals surface area (Å²) in [6.45, 7) is 5.41. The molecular formula is C18H23N3O2S. The van der Waals surface area contributed by atoms with Gasteiger partial charge in [0.1, 0.15) is 5.82 Å². The Morgan fingerprint density at radius 3 is 2.46 bits per heavy atom. The van der Waals surface area contributed by atoms with Gasteiger partial charge in [-0.2, -0.15) is 0 Å². The van der Waals surface area contributed by atoms with E-state index in [1.165, 1.54) is 0 Å². The molecule has 0 saturated carbocycles. The Hall–Kier alpha value is -1.92. The summed E-state index contributed by atoms with van der Waals surface area (Å²) in [6, 6.07) is 12.1. The van der Waals surface area contributed by atoms with Crippen LogP contribution in [0.15, 0.2) is 47.5 Å². The van der Waals surface area contributed by atoms with Crippen LogP contribution in [0.3, 0.4) is 0 Å². The zero-order valence-corrected chi connectivity index (χ0v) is 14.9. The van der Waals surface area contributed by atoms with E-state index < -0.39 is 10.8 Å². The van der Waals surface area contributed by atoms with E-state index in [1.54, 1.807) is 6.26 Å². The van der Waals surface area contributed by atoms with Crippen molar-refractivity contribution >= 4 is 22.3 Å². The van der Waals surface area contributed by atoms with Crippen molar-refractivity contribution in [1.29, 1.82) is 0 Å². The molecule has 2 aromatic rings. The fourth-order valence-electron chi connectivity index (χ4n) is 2.73. The van der Waals surface area contributed by atoms with Gasteiger partial charge in [-0.25, -0.2) is 4.98 Å². The summed E-state index contributed by atoms with van der Waals surface area (Å²) in [5.74, 6) is 0.992. The molecule has 2 atom stereocenters. The maximum atomic E-state index is 11.5. The van der Waals surface area contributed by atoms with E-state index in [-0.39, 0.29) is 6.04 Å². The fourth-order valence-corrected chi connectivity index (χ4v) is 3.25. The number of nitrogens with one attached hydrogen (secondary N) is 1. The lowest BCUT2D eigenvalue weighted by Crippen LogP contribution is -2.36. The van der Waals surface area contributed by atoms with Gasteiger partial charge in [-0.15, -0.1) is 0 Å². The van der Waals surface area contributed by atoms with Gasteiger partial charge in [-0.1, -0.05) is 12.1 Å². The van der Waals surface area contributed by atoms with Crippen molar-refractivity contribution in [3.05, 3.63) is 48.2 Å². The van der Waals surface area contributed by atoms with Gasteiger partial charge >= 0.3 is 0 Å². The molecule has 2 heterocycles. The quantitative estimate of drug-likeness (QED) is 0.903. The molecule has 1 saturated heterocycles. The van der Waals surface area contributed by atoms with Gasteiger partial charge in [0.15, 0.2) is 0 Å². The molecule has 1 aliphatic heterocycles. The van der Waals surface area contributed by atoms with E-state index in [1.807, 2.05) is 36.5 Å². The van der Waals surface area contributed by atoms with Crippen LogP contribution in [0.2, 0.25) is 0 Å². The Balaban J connectivity index is 1.63. The number of nitrogens with zero attached hydrogens (tertiary/aromatic N) is 2. The maximum absolute atomic E-state index is 11.5. The Labute approximate surface area is 145 Å². The number of rotatable bonds is 5. The lowest BCUT2D eigenvalue weighted by molar-refractivity contribution is 0.122. The molecule has 1 aromatic carbocycles. The van der Waals surface area contributed by atoms with Gasteiger partial charge in [0, 0.05) is 41.1 Å². The lowest BCUT2D eigenvalue weighted by atomic mass is 10.1. The van der Waals surface area contributed by atoms with E-state index in [9.17, 15) is 4.21 Å². The second kappa shape index (κ2) is 7.77. The molecule has 0 aliphatic carbocycles. The standard InChI is InChI=1S/C18H23N3O2S/c1-14(15-3-6-17(7-4-15)24(2)22)20-16-5-8-18(19-13-16)21-9-11-23-12-10-21/h3-8,13-14,20H,9-12H2,1-2H3. The van der Waals surface area contributed by atoms with E-state index in [0.717, 1.165) is 48.3 Å². The van der Waals surface area contributed by atoms with Gasteiger partial charge in [0.05, 0.1) is 25.1 Å². The monoisotopic (exact) mass is 345 g/mol. The summed E-state index contributed by atoms with van der Waals surface area (Å²) in [6.07, 6.45) is 3.56. The first-order chi connectivity index (χ1) is 11.6. The molecule has 6 heteroatoms. The molecule has 1 N–H and O–H groups in total. The molecule has 5 nitrogen and oxygen atoms in total. The van der Waals surface area contributed by atoms with Crippen molar-refractivity contribution < 1.29 is 8.95 Å². The largest absolute Gasteiger partial charge is 0.378 e. The number of benzene rings is 1. The fraction of sp³-hybridized carbons (Fsp3) is 0.389. The predicted octanol–water partition coefficient (Wildman–Crippen LogP) is 2.83. The van der Waals surface area contributed by atoms with Crippen molar-refractivity contribution in [2.24, 2.45) is 0 Å². The molecule has 0 amide bonds. The topological polar surface area (TPSA) is 54.5 Å². The Kier molecular flexibility index (Phi) is 5.48. The summed E-state index contributed by atoms with van der Waals surface area (Å²) in [5.41, 5.74) is 2.14. The zero-order valence-electron chi connectivity index (χ0n) is 14.1. The molecular weight excluding hydrogens is 322 g/mol. The first-order valence-corrected chi connectivity index (χ1v) is 9.68. The average molecular weight is 345 g/mol. The molecule has 0 spiro atoms. The van der Waals surface area contributed by atoms with Crippen molar-refractivity contribution in [3.63, 3.8) is 0 Å². The Morgan fingerprint density at radius 1 is 1.17 bits per heavy atom. The molecule has 1 fully saturated rings. The molecule has 2 unspecified atom stereocenters. The van der Waals surface area contributed by atoms with Gasteiger partial charge in [-0.05, 0) is 36.8 Å². The highest BCUT2D eigenvalue weighted by Crippen LogP contribution is 2.21. The number of aromatic nitrogens is 1. The van der Waals surface area contributed by atoms with Crippen molar-refractivity contribution in [2.45, 2.75) is 17.9 Å². The normalized spacial score (nSPS) is 17.3. The summed E-state index contributed by atoms with van der Waals surface area (Å²) in [4.78, 5) is 7.64. The molecule has 1 aliphatic rings. The van der Waals surface area contributed by atoms with Crippen LogP contribution in [-0.4, -0.2) is 41.8 Å². The van der Waals surface area contributed by atoms with E-state index in [0.29, 0.717) is 0 Å². The maximum Gasteiger partial charge on any atom is 0.128 e. The Bertz CT molecular complexity index is 682. The highest BCUT2D eigenvalue weighted by Gasteiger charge is 2.12. The molecule has 128 valence electrons. The zero-order chi connectivity index (χ0) is 16.9. The smallest absolute Gasteiger partial charge is 0.128 e. The highest BCUT2D eigenvalue weighted by atomic mass is 32.2. The second-order valence-electron chi connectivity index (χ2n) is 5.89. The van der Waals surface area contributed by atoms with Crippen LogP contribution in [0.25, 0.3) is 0 Å². The van der Waals surface area contributed by atoms with Gasteiger partial charge in [0.25, 0.3) is 0 Å². The van der Waals surface area contributed by atoms with Crippen LogP contribution in [0, 0.1) is 0 Å². The number of pyridine rings is 1. The van der Waals surface area contributed by atoms with Crippen LogP contribution in [0.1, 0.15) is 18.5 Å². The van der Waals surface area contributed by atoms with Crippen LogP contribution in [-0.2, 0) is 15.5 Å². The first kappa shape index (κ1) is 16.9. The van der Waals surface area contributed by atoms with Crippen molar-refractivity contribution in [3.8, 4) is 0 Å². The summed E-state index contributed by atoms with van der Waals surface area (Å²) in [7, 11) is -0.938. The third-order valence-corrected chi connectivity index (χ3v) is 5.11. The van der Waals surface area contributed by atoms with Crippen LogP contribution in [0.4, 0.5) is 11.5 Å². The predicted molar refractivity (Wildman–Crippen MR) is 98.1 cm³/mol. The average Bonchev–Trinajstić information content (AvgIpc) is 2.63. The lowest BCUT2D eigenvalue weighted by Gasteiger charge is -2.28. The number of ether oxygens (including phenoxy) is 1. The van der Waals surface area contributed by atoms with Crippen LogP contribution >= 0.6 is 0 Å². The first-order valence-electron chi connectivity index (χ1n) is 8.12. The van der Waals surface area contributed by atoms with E-state index >= 15 is 0 Å². The number of anilines is 2. The molecule has 0 bridgehead atoms. The Morgan fingerprint density at radius 2 is 1.88 bits per heavy atom. The van der Waals surface area contributed by atoms with Crippen LogP contribution < -0.4 is 10.2 Å². The third-order valence-electron chi connectivity index (χ3n) is 4.18.